The van der Waals surface area contributed by atoms with Gasteiger partial charge in [-0.1, -0.05) is 60.7 Å². The van der Waals surface area contributed by atoms with Crippen molar-refractivity contribution in [3.05, 3.63) is 106 Å². The molecule has 2 amide bonds. The van der Waals surface area contributed by atoms with E-state index in [9.17, 15) is 14.4 Å². The highest BCUT2D eigenvalue weighted by atomic mass is 16.2. The van der Waals surface area contributed by atoms with Crippen molar-refractivity contribution in [3.63, 3.8) is 0 Å². The van der Waals surface area contributed by atoms with Crippen molar-refractivity contribution in [2.75, 3.05) is 0 Å². The summed E-state index contributed by atoms with van der Waals surface area (Å²) < 4.78 is 0. The molecule has 0 saturated heterocycles. The maximum Gasteiger partial charge on any atom is 0.268 e. The summed E-state index contributed by atoms with van der Waals surface area (Å²) in [6.07, 6.45) is 3.21. The monoisotopic (exact) mass is 387 g/mol. The first-order valence-electron chi connectivity index (χ1n) is 9.56. The number of benzene rings is 2. The topological polar surface area (TPSA) is 91.1 Å². The van der Waals surface area contributed by atoms with Crippen LogP contribution in [0.3, 0.4) is 0 Å². The number of hydrogen-bond donors (Lipinski definition) is 3. The molecule has 1 aromatic heterocycles. The third kappa shape index (κ3) is 4.43. The van der Waals surface area contributed by atoms with Crippen molar-refractivity contribution in [2.24, 2.45) is 0 Å². The fourth-order valence-corrected chi connectivity index (χ4v) is 3.13. The number of amides is 2. The highest BCUT2D eigenvalue weighted by Gasteiger charge is 2.25. The van der Waals surface area contributed by atoms with Crippen molar-refractivity contribution in [3.8, 4) is 0 Å². The molecule has 3 aromatic rings. The molecule has 1 aliphatic rings. The SMILES string of the molecule is O=C(NC1CC1)c1cc(=O)c(C(=O)NC(c2ccccc2)c2ccccc2)c[nH]1. The second kappa shape index (κ2) is 8.14. The van der Waals surface area contributed by atoms with Crippen molar-refractivity contribution < 1.29 is 9.59 Å². The molecule has 0 unspecified atom stereocenters. The summed E-state index contributed by atoms with van der Waals surface area (Å²) in [5.74, 6) is -0.832. The summed E-state index contributed by atoms with van der Waals surface area (Å²) in [4.78, 5) is 40.2. The van der Waals surface area contributed by atoms with Gasteiger partial charge in [-0.15, -0.1) is 0 Å². The van der Waals surface area contributed by atoms with Gasteiger partial charge in [0.2, 0.25) is 0 Å². The van der Waals surface area contributed by atoms with E-state index in [0.29, 0.717) is 0 Å². The number of pyridine rings is 1. The molecule has 6 nitrogen and oxygen atoms in total. The number of aromatic amines is 1. The second-order valence-electron chi connectivity index (χ2n) is 7.10. The van der Waals surface area contributed by atoms with Crippen LogP contribution in [0.1, 0.15) is 50.9 Å². The molecule has 6 heteroatoms. The molecule has 0 bridgehead atoms. The molecule has 1 fully saturated rings. The molecule has 29 heavy (non-hydrogen) atoms. The number of H-pyrrole nitrogens is 1. The Morgan fingerprint density at radius 1 is 0.897 bits per heavy atom. The number of aromatic nitrogens is 1. The first kappa shape index (κ1) is 18.7. The Kier molecular flexibility index (Phi) is 5.24. The summed E-state index contributed by atoms with van der Waals surface area (Å²) in [6, 6.07) is 20.1. The largest absolute Gasteiger partial charge is 0.356 e. The predicted octanol–water partition coefficient (Wildman–Crippen LogP) is 2.79. The van der Waals surface area contributed by atoms with E-state index in [0.717, 1.165) is 24.0 Å². The zero-order chi connectivity index (χ0) is 20.2. The number of rotatable bonds is 6. The Morgan fingerprint density at radius 3 is 2.00 bits per heavy atom. The Labute approximate surface area is 168 Å². The number of carbonyl (C=O) groups is 2. The summed E-state index contributed by atoms with van der Waals surface area (Å²) in [7, 11) is 0. The lowest BCUT2D eigenvalue weighted by atomic mass is 9.98. The van der Waals surface area contributed by atoms with Gasteiger partial charge in [0.15, 0.2) is 5.43 Å². The third-order valence-electron chi connectivity index (χ3n) is 4.86. The van der Waals surface area contributed by atoms with Crippen LogP contribution in [-0.2, 0) is 0 Å². The van der Waals surface area contributed by atoms with E-state index < -0.39 is 17.4 Å². The van der Waals surface area contributed by atoms with E-state index >= 15 is 0 Å². The predicted molar refractivity (Wildman–Crippen MR) is 110 cm³/mol. The average molecular weight is 387 g/mol. The highest BCUT2D eigenvalue weighted by Crippen LogP contribution is 2.22. The van der Waals surface area contributed by atoms with Gasteiger partial charge in [0.1, 0.15) is 11.3 Å². The maximum absolute atomic E-state index is 12.9. The molecular formula is C23H21N3O3. The summed E-state index contributed by atoms with van der Waals surface area (Å²) >= 11 is 0. The van der Waals surface area contributed by atoms with Crippen molar-refractivity contribution in [2.45, 2.75) is 24.9 Å². The minimum absolute atomic E-state index is 0.0372. The maximum atomic E-state index is 12.9. The van der Waals surface area contributed by atoms with E-state index in [1.165, 1.54) is 12.3 Å². The Hall–Kier alpha value is -3.67. The molecule has 146 valence electrons. The van der Waals surface area contributed by atoms with Crippen molar-refractivity contribution >= 4 is 11.8 Å². The Morgan fingerprint density at radius 2 is 1.48 bits per heavy atom. The van der Waals surface area contributed by atoms with Crippen LogP contribution < -0.4 is 16.1 Å². The van der Waals surface area contributed by atoms with Gasteiger partial charge >= 0.3 is 0 Å². The van der Waals surface area contributed by atoms with E-state index in [2.05, 4.69) is 15.6 Å². The van der Waals surface area contributed by atoms with Crippen LogP contribution in [0.4, 0.5) is 0 Å². The smallest absolute Gasteiger partial charge is 0.268 e. The minimum atomic E-state index is -0.502. The van der Waals surface area contributed by atoms with Crippen molar-refractivity contribution in [1.82, 2.24) is 15.6 Å². The van der Waals surface area contributed by atoms with Crippen LogP contribution >= 0.6 is 0 Å². The Balaban J connectivity index is 1.57. The number of nitrogens with one attached hydrogen (secondary N) is 3. The van der Waals surface area contributed by atoms with Gasteiger partial charge in [-0.3, -0.25) is 14.4 Å². The van der Waals surface area contributed by atoms with E-state index in [4.69, 9.17) is 0 Å². The lowest BCUT2D eigenvalue weighted by molar-refractivity contribution is 0.0930. The third-order valence-corrected chi connectivity index (χ3v) is 4.86. The Bertz CT molecular complexity index is 1030. The van der Waals surface area contributed by atoms with Crippen LogP contribution in [0.25, 0.3) is 0 Å². The van der Waals surface area contributed by atoms with Gasteiger partial charge in [0.25, 0.3) is 11.8 Å². The molecule has 0 aliphatic heterocycles. The van der Waals surface area contributed by atoms with Gasteiger partial charge in [0.05, 0.1) is 6.04 Å². The number of carbonyl (C=O) groups excluding carboxylic acids is 2. The first-order valence-corrected chi connectivity index (χ1v) is 9.56. The highest BCUT2D eigenvalue weighted by molar-refractivity contribution is 5.96. The summed E-state index contributed by atoms with van der Waals surface area (Å²) in [5, 5.41) is 5.75. The molecule has 1 heterocycles. The van der Waals surface area contributed by atoms with E-state index in [-0.39, 0.29) is 23.2 Å². The van der Waals surface area contributed by atoms with Crippen LogP contribution in [0, 0.1) is 0 Å². The van der Waals surface area contributed by atoms with Gasteiger partial charge in [-0.05, 0) is 24.0 Å². The van der Waals surface area contributed by atoms with Gasteiger partial charge < -0.3 is 15.6 Å². The summed E-state index contributed by atoms with van der Waals surface area (Å²) in [6.45, 7) is 0. The standard InChI is InChI=1S/C23H21N3O3/c27-20-13-19(23(29)25-17-11-12-17)24-14-18(20)22(28)26-21(15-7-3-1-4-8-15)16-9-5-2-6-10-16/h1-10,13-14,17,21H,11-12H2,(H,24,27)(H,25,29)(H,26,28). The van der Waals surface area contributed by atoms with Crippen LogP contribution in [0.15, 0.2) is 77.7 Å². The van der Waals surface area contributed by atoms with Gasteiger partial charge in [-0.2, -0.15) is 0 Å². The molecular weight excluding hydrogens is 366 g/mol. The molecule has 1 aliphatic carbocycles. The fraction of sp³-hybridized carbons (Fsp3) is 0.174. The normalized spacial score (nSPS) is 13.1. The molecule has 2 aromatic carbocycles. The lowest BCUT2D eigenvalue weighted by Gasteiger charge is -2.20. The first-order chi connectivity index (χ1) is 14.1. The van der Waals surface area contributed by atoms with Gasteiger partial charge in [-0.25, -0.2) is 0 Å². The molecule has 4 rings (SSSR count). The van der Waals surface area contributed by atoms with Crippen LogP contribution in [0.2, 0.25) is 0 Å². The second-order valence-corrected chi connectivity index (χ2v) is 7.10. The minimum Gasteiger partial charge on any atom is -0.356 e. The molecule has 0 atom stereocenters. The molecule has 0 radical (unpaired) electrons. The quantitative estimate of drug-likeness (QED) is 0.607. The van der Waals surface area contributed by atoms with Crippen LogP contribution in [-0.4, -0.2) is 22.8 Å². The lowest BCUT2D eigenvalue weighted by Crippen LogP contribution is -2.34. The zero-order valence-corrected chi connectivity index (χ0v) is 15.7. The van der Waals surface area contributed by atoms with Crippen molar-refractivity contribution in [1.29, 1.82) is 0 Å². The molecule has 0 spiro atoms. The van der Waals surface area contributed by atoms with Crippen LogP contribution in [0.5, 0.6) is 0 Å². The average Bonchev–Trinajstić information content (AvgIpc) is 3.57. The number of hydrogen-bond acceptors (Lipinski definition) is 3. The molecule has 3 N–H and O–H groups in total. The summed E-state index contributed by atoms with van der Waals surface area (Å²) in [5.41, 5.74) is 1.43. The molecule has 1 saturated carbocycles. The van der Waals surface area contributed by atoms with E-state index in [1.54, 1.807) is 0 Å². The van der Waals surface area contributed by atoms with Gasteiger partial charge in [0, 0.05) is 18.3 Å². The zero-order valence-electron chi connectivity index (χ0n) is 15.7. The van der Waals surface area contributed by atoms with E-state index in [1.807, 2.05) is 60.7 Å². The fourth-order valence-electron chi connectivity index (χ4n) is 3.13.